The number of nitrogens with zero attached hydrogens (tertiary/aromatic N) is 1. The van der Waals surface area contributed by atoms with Gasteiger partial charge in [-0.1, -0.05) is 11.8 Å². The van der Waals surface area contributed by atoms with Crippen LogP contribution in [0.5, 0.6) is 0 Å². The molecule has 2 aromatic rings. The Morgan fingerprint density at radius 1 is 1.50 bits per heavy atom. The van der Waals surface area contributed by atoms with E-state index in [4.69, 9.17) is 5.11 Å². The van der Waals surface area contributed by atoms with E-state index in [9.17, 15) is 4.39 Å². The molecule has 0 fully saturated rings. The van der Waals surface area contributed by atoms with Crippen molar-refractivity contribution in [2.24, 2.45) is 0 Å². The molecule has 0 radical (unpaired) electrons. The van der Waals surface area contributed by atoms with Gasteiger partial charge in [-0.25, -0.2) is 9.37 Å². The molecule has 84 valence electrons. The fourth-order valence-corrected chi connectivity index (χ4v) is 3.14. The topological polar surface area (TPSA) is 33.1 Å². The Morgan fingerprint density at radius 3 is 2.94 bits per heavy atom. The van der Waals surface area contributed by atoms with Crippen LogP contribution in [0.1, 0.15) is 11.3 Å². The largest absolute Gasteiger partial charge is 0.392 e. The molecule has 0 bridgehead atoms. The summed E-state index contributed by atoms with van der Waals surface area (Å²) >= 11 is 2.99. The van der Waals surface area contributed by atoms with E-state index in [0.29, 0.717) is 5.56 Å². The van der Waals surface area contributed by atoms with Crippen molar-refractivity contribution < 1.29 is 9.50 Å². The standard InChI is InChI=1S/C11H10FNOS2/c1-7-6-15-11(13-7)16-10-3-2-9(12)4-8(10)5-14/h2-4,6,14H,5H2,1H3. The number of aliphatic hydroxyl groups excluding tert-OH is 1. The Bertz CT molecular complexity index is 498. The normalized spacial score (nSPS) is 10.7. The number of aliphatic hydroxyl groups is 1. The maximum absolute atomic E-state index is 12.9. The Kier molecular flexibility index (Phi) is 3.58. The molecule has 2 nitrogen and oxygen atoms in total. The monoisotopic (exact) mass is 255 g/mol. The van der Waals surface area contributed by atoms with Gasteiger partial charge in [-0.05, 0) is 30.7 Å². The average molecular weight is 255 g/mol. The fourth-order valence-electron chi connectivity index (χ4n) is 1.24. The van der Waals surface area contributed by atoms with Crippen LogP contribution in [-0.2, 0) is 6.61 Å². The highest BCUT2D eigenvalue weighted by Gasteiger charge is 2.07. The molecule has 16 heavy (non-hydrogen) atoms. The van der Waals surface area contributed by atoms with Crippen molar-refractivity contribution in [3.63, 3.8) is 0 Å². The molecule has 0 spiro atoms. The molecule has 0 aliphatic carbocycles. The average Bonchev–Trinajstić information content (AvgIpc) is 2.67. The molecular formula is C11H10FNOS2. The van der Waals surface area contributed by atoms with Crippen LogP contribution in [0.3, 0.4) is 0 Å². The summed E-state index contributed by atoms with van der Waals surface area (Å²) in [6.07, 6.45) is 0. The summed E-state index contributed by atoms with van der Waals surface area (Å²) in [6.45, 7) is 1.77. The highest BCUT2D eigenvalue weighted by Crippen LogP contribution is 2.32. The van der Waals surface area contributed by atoms with Crippen LogP contribution >= 0.6 is 23.1 Å². The quantitative estimate of drug-likeness (QED) is 0.914. The van der Waals surface area contributed by atoms with E-state index in [1.165, 1.54) is 23.9 Å². The number of hydrogen-bond donors (Lipinski definition) is 1. The summed E-state index contributed by atoms with van der Waals surface area (Å²) in [5.41, 5.74) is 1.57. The Hall–Kier alpha value is -0.910. The molecule has 0 saturated carbocycles. The molecular weight excluding hydrogens is 245 g/mol. The minimum Gasteiger partial charge on any atom is -0.392 e. The van der Waals surface area contributed by atoms with Crippen LogP contribution in [0.4, 0.5) is 4.39 Å². The lowest BCUT2D eigenvalue weighted by Crippen LogP contribution is -1.89. The third-order valence-electron chi connectivity index (χ3n) is 1.99. The van der Waals surface area contributed by atoms with Crippen molar-refractivity contribution in [3.05, 3.63) is 40.7 Å². The van der Waals surface area contributed by atoms with Crippen LogP contribution in [0.25, 0.3) is 0 Å². The van der Waals surface area contributed by atoms with E-state index in [2.05, 4.69) is 4.98 Å². The van der Waals surface area contributed by atoms with Crippen molar-refractivity contribution in [2.75, 3.05) is 0 Å². The van der Waals surface area contributed by atoms with E-state index < -0.39 is 0 Å². The van der Waals surface area contributed by atoms with Gasteiger partial charge in [0.25, 0.3) is 0 Å². The van der Waals surface area contributed by atoms with Gasteiger partial charge < -0.3 is 5.11 Å². The summed E-state index contributed by atoms with van der Waals surface area (Å²) in [5, 5.41) is 11.1. The molecule has 1 aromatic carbocycles. The second-order valence-corrected chi connectivity index (χ2v) is 5.41. The Morgan fingerprint density at radius 2 is 2.31 bits per heavy atom. The van der Waals surface area contributed by atoms with E-state index in [-0.39, 0.29) is 12.4 Å². The summed E-state index contributed by atoms with van der Waals surface area (Å²) in [7, 11) is 0. The number of aromatic nitrogens is 1. The summed E-state index contributed by atoms with van der Waals surface area (Å²) in [5.74, 6) is -0.330. The van der Waals surface area contributed by atoms with Gasteiger partial charge in [0.1, 0.15) is 5.82 Å². The van der Waals surface area contributed by atoms with Crippen LogP contribution in [-0.4, -0.2) is 10.1 Å². The van der Waals surface area contributed by atoms with Gasteiger partial charge in [-0.15, -0.1) is 11.3 Å². The third-order valence-corrected chi connectivity index (χ3v) is 4.16. The number of thiazole rings is 1. The third kappa shape index (κ3) is 2.61. The molecule has 0 aliphatic rings. The first-order chi connectivity index (χ1) is 7.69. The first-order valence-electron chi connectivity index (χ1n) is 4.68. The minimum atomic E-state index is -0.330. The minimum absolute atomic E-state index is 0.162. The van der Waals surface area contributed by atoms with Crippen LogP contribution in [0.2, 0.25) is 0 Å². The second kappa shape index (κ2) is 4.95. The number of rotatable bonds is 3. The van der Waals surface area contributed by atoms with Gasteiger partial charge in [-0.3, -0.25) is 0 Å². The van der Waals surface area contributed by atoms with Gasteiger partial charge >= 0.3 is 0 Å². The second-order valence-electron chi connectivity index (χ2n) is 3.27. The highest BCUT2D eigenvalue weighted by molar-refractivity contribution is 8.01. The van der Waals surface area contributed by atoms with Gasteiger partial charge in [0.05, 0.1) is 6.61 Å². The molecule has 2 rings (SSSR count). The number of benzene rings is 1. The smallest absolute Gasteiger partial charge is 0.154 e. The molecule has 0 aliphatic heterocycles. The van der Waals surface area contributed by atoms with Gasteiger partial charge in [-0.2, -0.15) is 0 Å². The Balaban J connectivity index is 2.27. The van der Waals surface area contributed by atoms with Crippen molar-refractivity contribution >= 4 is 23.1 Å². The van der Waals surface area contributed by atoms with Crippen LogP contribution in [0, 0.1) is 12.7 Å². The predicted molar refractivity (Wildman–Crippen MR) is 63.3 cm³/mol. The molecule has 0 saturated heterocycles. The van der Waals surface area contributed by atoms with E-state index in [1.54, 1.807) is 17.4 Å². The van der Waals surface area contributed by atoms with E-state index in [0.717, 1.165) is 14.9 Å². The maximum atomic E-state index is 12.9. The fraction of sp³-hybridized carbons (Fsp3) is 0.182. The predicted octanol–water partition coefficient (Wildman–Crippen LogP) is 3.23. The summed E-state index contributed by atoms with van der Waals surface area (Å²) in [6, 6.07) is 4.41. The molecule has 0 atom stereocenters. The zero-order valence-corrected chi connectivity index (χ0v) is 10.2. The van der Waals surface area contributed by atoms with Crippen LogP contribution in [0.15, 0.2) is 32.8 Å². The molecule has 1 aromatic heterocycles. The van der Waals surface area contributed by atoms with Crippen molar-refractivity contribution in [1.82, 2.24) is 4.98 Å². The van der Waals surface area contributed by atoms with Crippen LogP contribution < -0.4 is 0 Å². The summed E-state index contributed by atoms with van der Waals surface area (Å²) in [4.78, 5) is 5.16. The number of hydrogen-bond acceptors (Lipinski definition) is 4. The lowest BCUT2D eigenvalue weighted by atomic mass is 10.2. The first kappa shape index (κ1) is 11.6. The van der Waals surface area contributed by atoms with Crippen molar-refractivity contribution in [1.29, 1.82) is 0 Å². The summed E-state index contributed by atoms with van der Waals surface area (Å²) < 4.78 is 13.8. The number of aryl methyl sites for hydroxylation is 1. The van der Waals surface area contributed by atoms with Gasteiger partial charge in [0.15, 0.2) is 4.34 Å². The molecule has 0 unspecified atom stereocenters. The van der Waals surface area contributed by atoms with Crippen molar-refractivity contribution in [2.45, 2.75) is 22.8 Å². The van der Waals surface area contributed by atoms with E-state index in [1.807, 2.05) is 12.3 Å². The highest BCUT2D eigenvalue weighted by atomic mass is 32.2. The first-order valence-corrected chi connectivity index (χ1v) is 6.38. The zero-order valence-electron chi connectivity index (χ0n) is 8.61. The zero-order chi connectivity index (χ0) is 11.5. The lowest BCUT2D eigenvalue weighted by Gasteiger charge is -2.04. The molecule has 0 amide bonds. The van der Waals surface area contributed by atoms with Gasteiger partial charge in [0, 0.05) is 16.0 Å². The SMILES string of the molecule is Cc1csc(Sc2ccc(F)cc2CO)n1. The van der Waals surface area contributed by atoms with Crippen molar-refractivity contribution in [3.8, 4) is 0 Å². The maximum Gasteiger partial charge on any atom is 0.154 e. The molecule has 1 heterocycles. The Labute approximate surface area is 101 Å². The lowest BCUT2D eigenvalue weighted by molar-refractivity contribution is 0.278. The number of halogens is 1. The van der Waals surface area contributed by atoms with Gasteiger partial charge in [0.2, 0.25) is 0 Å². The van der Waals surface area contributed by atoms with E-state index >= 15 is 0 Å². The molecule has 1 N–H and O–H groups in total. The molecule has 5 heteroatoms.